The highest BCUT2D eigenvalue weighted by Crippen LogP contribution is 2.67. The number of amides is 1. The third-order valence-corrected chi connectivity index (χ3v) is 12.8. The second-order valence-corrected chi connectivity index (χ2v) is 15.7. The summed E-state index contributed by atoms with van der Waals surface area (Å²) in [4.78, 5) is 11.9. The first-order valence-corrected chi connectivity index (χ1v) is 17.1. The van der Waals surface area contributed by atoms with Gasteiger partial charge in [-0.25, -0.2) is 0 Å². The number of aliphatic hydroxyl groups excluding tert-OH is 3. The number of fused-ring (bicyclic) bond motifs is 5. The zero-order valence-corrected chi connectivity index (χ0v) is 27.1. The van der Waals surface area contributed by atoms with Crippen LogP contribution in [-0.4, -0.2) is 64.6 Å². The van der Waals surface area contributed by atoms with Crippen molar-refractivity contribution in [2.24, 2.45) is 46.3 Å². The van der Waals surface area contributed by atoms with E-state index < -0.39 is 37.3 Å². The van der Waals surface area contributed by atoms with Gasteiger partial charge in [0.1, 0.15) is 24.4 Å². The molecule has 7 nitrogen and oxygen atoms in total. The van der Waals surface area contributed by atoms with Crippen molar-refractivity contribution in [3.63, 3.8) is 0 Å². The van der Waals surface area contributed by atoms with Gasteiger partial charge in [-0.2, -0.15) is 0 Å². The number of rotatable bonds is 9. The van der Waals surface area contributed by atoms with Gasteiger partial charge in [0, 0.05) is 6.92 Å². The Balaban J connectivity index is 1.26. The van der Waals surface area contributed by atoms with Gasteiger partial charge in [-0.15, -0.1) is 0 Å². The van der Waals surface area contributed by atoms with Crippen molar-refractivity contribution >= 4 is 5.91 Å². The molecule has 0 aromatic heterocycles. The number of carbonyl (C=O) groups is 1. The highest BCUT2D eigenvalue weighted by atomic mass is 16.7. The quantitative estimate of drug-likeness (QED) is 0.270. The van der Waals surface area contributed by atoms with Gasteiger partial charge < -0.3 is 30.1 Å². The molecule has 240 valence electrons. The van der Waals surface area contributed by atoms with Crippen molar-refractivity contribution in [3.05, 3.63) is 11.6 Å². The molecule has 1 amide bonds. The summed E-state index contributed by atoms with van der Waals surface area (Å²) in [7, 11) is 0. The van der Waals surface area contributed by atoms with Crippen LogP contribution in [0.2, 0.25) is 0 Å². The van der Waals surface area contributed by atoms with Crippen LogP contribution in [0.3, 0.4) is 0 Å². The van der Waals surface area contributed by atoms with Crippen molar-refractivity contribution in [2.45, 2.75) is 149 Å². The lowest BCUT2D eigenvalue weighted by Crippen LogP contribution is -2.65. The van der Waals surface area contributed by atoms with E-state index in [4.69, 9.17) is 9.47 Å². The summed E-state index contributed by atoms with van der Waals surface area (Å²) in [6.45, 7) is 13.3. The molecule has 0 bridgehead atoms. The maximum atomic E-state index is 11.9. The zero-order valence-electron chi connectivity index (χ0n) is 27.1. The molecule has 1 aliphatic heterocycles. The van der Waals surface area contributed by atoms with Gasteiger partial charge in [0.2, 0.25) is 5.91 Å². The second kappa shape index (κ2) is 12.8. The summed E-state index contributed by atoms with van der Waals surface area (Å²) < 4.78 is 12.3. The van der Waals surface area contributed by atoms with Crippen molar-refractivity contribution in [1.29, 1.82) is 0 Å². The van der Waals surface area contributed by atoms with Crippen LogP contribution in [0.5, 0.6) is 0 Å². The Hall–Kier alpha value is -0.990. The molecule has 7 heteroatoms. The molecule has 0 spiro atoms. The van der Waals surface area contributed by atoms with Crippen molar-refractivity contribution in [1.82, 2.24) is 5.32 Å². The third kappa shape index (κ3) is 5.99. The molecule has 4 aliphatic carbocycles. The maximum Gasteiger partial charge on any atom is 0.217 e. The van der Waals surface area contributed by atoms with E-state index in [1.807, 2.05) is 0 Å². The van der Waals surface area contributed by atoms with E-state index in [2.05, 4.69) is 46.0 Å². The molecule has 1 saturated heterocycles. The van der Waals surface area contributed by atoms with Crippen LogP contribution in [0.15, 0.2) is 11.6 Å². The first-order valence-electron chi connectivity index (χ1n) is 17.1. The minimum absolute atomic E-state index is 0.0969. The second-order valence-electron chi connectivity index (χ2n) is 15.7. The van der Waals surface area contributed by atoms with Gasteiger partial charge in [0.05, 0.1) is 12.7 Å². The molecule has 4 N–H and O–H groups in total. The Morgan fingerprint density at radius 2 is 1.83 bits per heavy atom. The van der Waals surface area contributed by atoms with Crippen LogP contribution < -0.4 is 5.32 Å². The van der Waals surface area contributed by atoms with Gasteiger partial charge in [-0.05, 0) is 97.7 Å². The highest BCUT2D eigenvalue weighted by Gasteiger charge is 2.59. The standard InChI is InChI=1S/C35H59NO6/c1-20(2)8-7-9-21(3)26-12-13-27-25-11-10-23-18-24(14-16-34(23,5)28(25)15-17-35(26,27)6)41-33-30(36-22(4)38)32(40)31(39)29(19-37)42-33/h10,20-21,24-33,37,39-40H,7-9,11-19H2,1-6H3,(H,36,38)/t21?,24?,25?,26?,27?,28?,29-,30-,31-,32-,33-,34+,35-/m1/s1. The molecule has 0 aromatic carbocycles. The topological polar surface area (TPSA) is 108 Å². The van der Waals surface area contributed by atoms with Gasteiger partial charge in [-0.1, -0.05) is 65.5 Å². The fourth-order valence-electron chi connectivity index (χ4n) is 10.5. The van der Waals surface area contributed by atoms with E-state index in [0.717, 1.165) is 54.8 Å². The first-order chi connectivity index (χ1) is 19.9. The number of aliphatic hydroxyl groups is 3. The Bertz CT molecular complexity index is 985. The summed E-state index contributed by atoms with van der Waals surface area (Å²) in [5.74, 6) is 4.48. The average molecular weight is 590 g/mol. The molecule has 0 aromatic rings. The Kier molecular flexibility index (Phi) is 9.86. The number of allylic oxidation sites excluding steroid dienone is 1. The lowest BCUT2D eigenvalue weighted by molar-refractivity contribution is -0.284. The molecular weight excluding hydrogens is 530 g/mol. The van der Waals surface area contributed by atoms with Crippen molar-refractivity contribution in [2.75, 3.05) is 6.61 Å². The van der Waals surface area contributed by atoms with E-state index in [0.29, 0.717) is 5.41 Å². The number of ether oxygens (including phenoxy) is 2. The van der Waals surface area contributed by atoms with Crippen molar-refractivity contribution < 1.29 is 29.6 Å². The summed E-state index contributed by atoms with van der Waals surface area (Å²) in [5, 5.41) is 33.5. The van der Waals surface area contributed by atoms with Gasteiger partial charge in [-0.3, -0.25) is 4.79 Å². The molecule has 13 atom stereocenters. The monoisotopic (exact) mass is 589 g/mol. The average Bonchev–Trinajstić information content (AvgIpc) is 3.29. The smallest absolute Gasteiger partial charge is 0.217 e. The SMILES string of the molecule is CC(=O)N[C@H]1[C@H](OC2CC[C@@]3(C)C(=CCC4C5CCC(C(C)CCCC(C)C)[C@@]5(C)CCC43)C2)O[C@H](CO)[C@@H](O)[C@@H]1O. The molecular formula is C35H59NO6. The molecule has 42 heavy (non-hydrogen) atoms. The Morgan fingerprint density at radius 3 is 2.52 bits per heavy atom. The minimum Gasteiger partial charge on any atom is -0.394 e. The number of hydrogen-bond acceptors (Lipinski definition) is 6. The maximum absolute atomic E-state index is 11.9. The van der Waals surface area contributed by atoms with E-state index in [9.17, 15) is 20.1 Å². The van der Waals surface area contributed by atoms with E-state index in [1.54, 1.807) is 0 Å². The Morgan fingerprint density at radius 1 is 1.07 bits per heavy atom. The first kappa shape index (κ1) is 32.4. The molecule has 3 saturated carbocycles. The molecule has 4 fully saturated rings. The fourth-order valence-corrected chi connectivity index (χ4v) is 10.5. The molecule has 6 unspecified atom stereocenters. The molecule has 5 aliphatic rings. The summed E-state index contributed by atoms with van der Waals surface area (Å²) in [5.41, 5.74) is 2.18. The van der Waals surface area contributed by atoms with Crippen LogP contribution in [0.4, 0.5) is 0 Å². The van der Waals surface area contributed by atoms with Gasteiger partial charge in [0.25, 0.3) is 0 Å². The normalized spacial score (nSPS) is 45.9. The summed E-state index contributed by atoms with van der Waals surface area (Å²) in [6.07, 6.45) is 11.5. The predicted octanol–water partition coefficient (Wildman–Crippen LogP) is 5.36. The lowest BCUT2D eigenvalue weighted by atomic mass is 9.47. The third-order valence-electron chi connectivity index (χ3n) is 12.8. The van der Waals surface area contributed by atoms with Crippen LogP contribution in [0.1, 0.15) is 112 Å². The fraction of sp³-hybridized carbons (Fsp3) is 0.914. The van der Waals surface area contributed by atoms with Crippen LogP contribution in [0.25, 0.3) is 0 Å². The number of nitrogens with one attached hydrogen (secondary N) is 1. The Labute approximate surface area is 254 Å². The van der Waals surface area contributed by atoms with Gasteiger partial charge >= 0.3 is 0 Å². The van der Waals surface area contributed by atoms with Crippen LogP contribution in [-0.2, 0) is 14.3 Å². The number of carbonyl (C=O) groups excluding carboxylic acids is 1. The van der Waals surface area contributed by atoms with E-state index in [1.165, 1.54) is 63.9 Å². The van der Waals surface area contributed by atoms with E-state index in [-0.39, 0.29) is 17.4 Å². The molecule has 1 heterocycles. The lowest BCUT2D eigenvalue weighted by Gasteiger charge is -2.58. The number of hydrogen-bond donors (Lipinski definition) is 4. The molecule has 5 rings (SSSR count). The zero-order chi connectivity index (χ0) is 30.4. The summed E-state index contributed by atoms with van der Waals surface area (Å²) in [6, 6.07) is -0.891. The van der Waals surface area contributed by atoms with Crippen molar-refractivity contribution in [3.8, 4) is 0 Å². The summed E-state index contributed by atoms with van der Waals surface area (Å²) >= 11 is 0. The predicted molar refractivity (Wildman–Crippen MR) is 163 cm³/mol. The molecule has 0 radical (unpaired) electrons. The van der Waals surface area contributed by atoms with Crippen LogP contribution in [0, 0.1) is 46.3 Å². The largest absolute Gasteiger partial charge is 0.394 e. The highest BCUT2D eigenvalue weighted by molar-refractivity contribution is 5.73. The van der Waals surface area contributed by atoms with Crippen LogP contribution >= 0.6 is 0 Å². The van der Waals surface area contributed by atoms with E-state index >= 15 is 0 Å². The minimum atomic E-state index is -1.30. The van der Waals surface area contributed by atoms with Gasteiger partial charge in [0.15, 0.2) is 6.29 Å².